The molecule has 0 heterocycles. The number of benzene rings is 3. The Labute approximate surface area is 252 Å². The second-order valence-corrected chi connectivity index (χ2v) is 11.6. The zero-order chi connectivity index (χ0) is 32.6. The molecule has 0 aliphatic rings. The number of fused-ring (bicyclic) bond motifs is 1. The van der Waals surface area contributed by atoms with Crippen molar-refractivity contribution in [3.63, 3.8) is 0 Å². The highest BCUT2D eigenvalue weighted by Gasteiger charge is 2.26. The third-order valence-corrected chi connectivity index (χ3v) is 8.03. The number of carboxylic acid groups (broad SMARTS) is 1. The lowest BCUT2D eigenvalue weighted by Crippen LogP contribution is -2.52. The van der Waals surface area contributed by atoms with E-state index in [0.717, 1.165) is 5.69 Å². The van der Waals surface area contributed by atoms with Crippen LogP contribution in [-0.2, 0) is 35.6 Å². The lowest BCUT2D eigenvalue weighted by Gasteiger charge is -2.20. The summed E-state index contributed by atoms with van der Waals surface area (Å²) in [5.74, 6) is -3.79. The number of non-ortho nitro benzene ring substituents is 1. The van der Waals surface area contributed by atoms with Crippen LogP contribution in [0.25, 0.3) is 10.8 Å². The Kier molecular flexibility index (Phi) is 10.9. The van der Waals surface area contributed by atoms with Gasteiger partial charge in [0.05, 0.1) is 22.4 Å². The first-order valence-corrected chi connectivity index (χ1v) is 14.7. The molecule has 0 unspecified atom stereocenters. The van der Waals surface area contributed by atoms with Crippen molar-refractivity contribution in [1.29, 1.82) is 0 Å². The molecule has 3 aromatic rings. The third-order valence-electron chi connectivity index (χ3n) is 6.43. The van der Waals surface area contributed by atoms with Crippen molar-refractivity contribution >= 4 is 55.9 Å². The molecule has 0 saturated carbocycles. The van der Waals surface area contributed by atoms with Crippen LogP contribution in [0.4, 0.5) is 11.4 Å². The van der Waals surface area contributed by atoms with Crippen LogP contribution >= 0.6 is 0 Å². The summed E-state index contributed by atoms with van der Waals surface area (Å²) in [4.78, 5) is 60.9. The average molecular weight is 629 g/mol. The van der Waals surface area contributed by atoms with Crippen molar-refractivity contribution in [1.82, 2.24) is 20.7 Å². The fraction of sp³-hybridized carbons (Fsp3) is 0.286. The molecule has 0 spiro atoms. The highest BCUT2D eigenvalue weighted by atomic mass is 32.2. The molecule has 0 aromatic heterocycles. The molecule has 234 valence electrons. The van der Waals surface area contributed by atoms with Crippen LogP contribution < -0.4 is 25.6 Å². The van der Waals surface area contributed by atoms with Gasteiger partial charge in [0.25, 0.3) is 5.69 Å². The van der Waals surface area contributed by atoms with Gasteiger partial charge in [0.15, 0.2) is 0 Å². The molecule has 5 N–H and O–H groups in total. The molecule has 44 heavy (non-hydrogen) atoms. The number of anilines is 1. The number of carbonyl (C=O) groups excluding carboxylic acids is 3. The summed E-state index contributed by atoms with van der Waals surface area (Å²) >= 11 is 0. The lowest BCUT2D eigenvalue weighted by atomic mass is 10.0. The van der Waals surface area contributed by atoms with E-state index in [4.69, 9.17) is 5.11 Å². The van der Waals surface area contributed by atoms with Crippen molar-refractivity contribution in [2.75, 3.05) is 32.1 Å². The predicted molar refractivity (Wildman–Crippen MR) is 160 cm³/mol. The molecule has 3 rings (SSSR count). The molecule has 0 radical (unpaired) electrons. The number of sulfonamides is 1. The number of aliphatic carboxylic acids is 1. The molecule has 15 nitrogen and oxygen atoms in total. The maximum absolute atomic E-state index is 13.2. The molecular weight excluding hydrogens is 596 g/mol. The summed E-state index contributed by atoms with van der Waals surface area (Å²) in [7, 11) is -0.511. The van der Waals surface area contributed by atoms with Gasteiger partial charge in [0.2, 0.25) is 27.7 Å². The number of rotatable bonds is 14. The van der Waals surface area contributed by atoms with Gasteiger partial charge in [-0.15, -0.1) is 0 Å². The average Bonchev–Trinajstić information content (AvgIpc) is 2.97. The zero-order valence-corrected chi connectivity index (χ0v) is 24.9. The van der Waals surface area contributed by atoms with Crippen LogP contribution in [0.5, 0.6) is 0 Å². The SMILES string of the molecule is C[C@@H](NS(=O)(=O)c1cccc2c(N(C)C)cccc12)C(=O)NCC(=O)N[C@H](Cc1ccc([N+](=O)[O-])cc1)C(=O)NCC(=O)O. The minimum Gasteiger partial charge on any atom is -0.480 e. The topological polar surface area (TPSA) is 217 Å². The number of carboxylic acids is 1. The maximum Gasteiger partial charge on any atom is 0.322 e. The molecule has 0 aliphatic carbocycles. The quantitative estimate of drug-likeness (QED) is 0.123. The molecular formula is C28H32N6O9S. The third kappa shape index (κ3) is 8.71. The van der Waals surface area contributed by atoms with Crippen LogP contribution in [0.3, 0.4) is 0 Å². The second kappa shape index (κ2) is 14.4. The number of nitrogens with one attached hydrogen (secondary N) is 4. The van der Waals surface area contributed by atoms with Crippen LogP contribution in [0, 0.1) is 10.1 Å². The molecule has 16 heteroatoms. The standard InChI is InChI=1S/C28H32N6O9S/c1-17(32-44(42,43)24-9-5-6-20-21(24)7-4-8-23(20)33(2)3)27(38)29-15-25(35)31-22(28(39)30-16-26(36)37)14-18-10-12-19(13-11-18)34(40)41/h4-13,17,22,32H,14-16H2,1-3H3,(H,29,38)(H,30,39)(H,31,35)(H,36,37)/t17-,22-/m1/s1. The Morgan fingerprint density at radius 1 is 0.909 bits per heavy atom. The zero-order valence-electron chi connectivity index (χ0n) is 24.1. The first kappa shape index (κ1) is 33.4. The van der Waals surface area contributed by atoms with Crippen LogP contribution in [0.1, 0.15) is 12.5 Å². The fourth-order valence-corrected chi connectivity index (χ4v) is 5.71. The van der Waals surface area contributed by atoms with Gasteiger partial charge in [-0.25, -0.2) is 8.42 Å². The Morgan fingerprint density at radius 2 is 1.52 bits per heavy atom. The number of hydrogen-bond acceptors (Lipinski definition) is 9. The van der Waals surface area contributed by atoms with Gasteiger partial charge >= 0.3 is 5.97 Å². The summed E-state index contributed by atoms with van der Waals surface area (Å²) in [6.45, 7) is -0.0424. The van der Waals surface area contributed by atoms with Gasteiger partial charge in [-0.05, 0) is 24.6 Å². The molecule has 0 fully saturated rings. The second-order valence-electron chi connectivity index (χ2n) is 9.94. The normalized spacial score (nSPS) is 12.5. The number of amides is 3. The highest BCUT2D eigenvalue weighted by Crippen LogP contribution is 2.30. The Morgan fingerprint density at radius 3 is 2.14 bits per heavy atom. The molecule has 0 aliphatic heterocycles. The van der Waals surface area contributed by atoms with E-state index in [1.54, 1.807) is 24.3 Å². The van der Waals surface area contributed by atoms with Crippen molar-refractivity contribution < 1.29 is 37.6 Å². The number of nitro benzene ring substituents is 1. The summed E-state index contributed by atoms with van der Waals surface area (Å²) < 4.78 is 28.8. The first-order chi connectivity index (χ1) is 20.7. The van der Waals surface area contributed by atoms with Gasteiger partial charge < -0.3 is 26.0 Å². The fourth-order valence-electron chi connectivity index (χ4n) is 4.29. The van der Waals surface area contributed by atoms with E-state index < -0.39 is 63.8 Å². The molecule has 0 saturated heterocycles. The van der Waals surface area contributed by atoms with Crippen LogP contribution in [0.15, 0.2) is 65.6 Å². The van der Waals surface area contributed by atoms with Gasteiger partial charge in [-0.2, -0.15) is 4.72 Å². The van der Waals surface area contributed by atoms with Gasteiger partial charge in [-0.3, -0.25) is 29.3 Å². The van der Waals surface area contributed by atoms with Gasteiger partial charge in [0.1, 0.15) is 12.6 Å². The van der Waals surface area contributed by atoms with E-state index in [0.29, 0.717) is 16.3 Å². The largest absolute Gasteiger partial charge is 0.480 e. The van der Waals surface area contributed by atoms with E-state index in [9.17, 15) is 37.7 Å². The Balaban J connectivity index is 1.66. The van der Waals surface area contributed by atoms with Crippen LogP contribution in [0.2, 0.25) is 0 Å². The minimum atomic E-state index is -4.17. The van der Waals surface area contributed by atoms with E-state index in [-0.39, 0.29) is 17.0 Å². The number of nitro groups is 1. The van der Waals surface area contributed by atoms with E-state index in [2.05, 4.69) is 20.7 Å². The van der Waals surface area contributed by atoms with Crippen LogP contribution in [-0.4, -0.2) is 81.4 Å². The van der Waals surface area contributed by atoms with Gasteiger partial charge in [0, 0.05) is 49.1 Å². The van der Waals surface area contributed by atoms with E-state index >= 15 is 0 Å². The molecule has 3 amide bonds. The molecule has 3 aromatic carbocycles. The van der Waals surface area contributed by atoms with E-state index in [1.165, 1.54) is 37.3 Å². The highest BCUT2D eigenvalue weighted by molar-refractivity contribution is 7.89. The first-order valence-electron chi connectivity index (χ1n) is 13.2. The number of nitrogens with zero attached hydrogens (tertiary/aromatic N) is 2. The molecule has 2 atom stereocenters. The van der Waals surface area contributed by atoms with Crippen molar-refractivity contribution in [2.24, 2.45) is 0 Å². The summed E-state index contributed by atoms with van der Waals surface area (Å²) in [6, 6.07) is 12.7. The lowest BCUT2D eigenvalue weighted by molar-refractivity contribution is -0.384. The predicted octanol–water partition coefficient (Wildman–Crippen LogP) is 0.525. The van der Waals surface area contributed by atoms with E-state index in [1.807, 2.05) is 25.1 Å². The monoisotopic (exact) mass is 628 g/mol. The number of hydrogen-bond donors (Lipinski definition) is 5. The van der Waals surface area contributed by atoms with Crippen molar-refractivity contribution in [3.05, 3.63) is 76.3 Å². The summed E-state index contributed by atoms with van der Waals surface area (Å²) in [6.07, 6.45) is -0.139. The van der Waals surface area contributed by atoms with Crippen molar-refractivity contribution in [2.45, 2.75) is 30.3 Å². The maximum atomic E-state index is 13.2. The smallest absolute Gasteiger partial charge is 0.322 e. The Hall–Kier alpha value is -5.09. The minimum absolute atomic E-state index is 0.0300. The summed E-state index contributed by atoms with van der Waals surface area (Å²) in [5, 5.41) is 27.8. The summed E-state index contributed by atoms with van der Waals surface area (Å²) in [5.41, 5.74) is 1.06. The van der Waals surface area contributed by atoms with Crippen molar-refractivity contribution in [3.8, 4) is 0 Å². The number of carbonyl (C=O) groups is 4. The molecule has 0 bridgehead atoms. The van der Waals surface area contributed by atoms with Gasteiger partial charge in [-0.1, -0.05) is 36.4 Å². The Bertz CT molecular complexity index is 1680.